The van der Waals surface area contributed by atoms with E-state index in [1.165, 1.54) is 38.0 Å². The molecule has 0 atom stereocenters. The lowest BCUT2D eigenvalue weighted by atomic mass is 10.0. The van der Waals surface area contributed by atoms with Gasteiger partial charge < -0.3 is 9.80 Å². The maximum atomic E-state index is 3.48. The van der Waals surface area contributed by atoms with Gasteiger partial charge in [-0.15, -0.1) is 0 Å². The van der Waals surface area contributed by atoms with E-state index in [4.69, 9.17) is 0 Å². The summed E-state index contributed by atoms with van der Waals surface area (Å²) in [6.07, 6.45) is 2.18. The minimum absolute atomic E-state index is 1.22. The SMILES string of the molecule is Cc1cc(C)c(N2[C]N3C(=C2)Sc2ccccc23)c(C)c1. The molecule has 21 heavy (non-hydrogen) atoms. The molecule has 0 saturated carbocycles. The Hall–Kier alpha value is -1.87. The molecule has 0 saturated heterocycles. The number of fused-ring (bicyclic) bond motifs is 3. The van der Waals surface area contributed by atoms with E-state index in [2.05, 4.69) is 79.8 Å². The van der Waals surface area contributed by atoms with Crippen LogP contribution in [-0.2, 0) is 0 Å². The number of anilines is 2. The van der Waals surface area contributed by atoms with Gasteiger partial charge in [-0.25, -0.2) is 0 Å². The molecule has 0 unspecified atom stereocenters. The van der Waals surface area contributed by atoms with Gasteiger partial charge in [-0.3, -0.25) is 0 Å². The third-order valence-corrected chi connectivity index (χ3v) is 4.93. The van der Waals surface area contributed by atoms with Gasteiger partial charge in [-0.2, -0.15) is 0 Å². The highest BCUT2D eigenvalue weighted by Gasteiger charge is 2.33. The van der Waals surface area contributed by atoms with Crippen molar-refractivity contribution < 1.29 is 0 Å². The first-order valence-corrected chi connectivity index (χ1v) is 7.87. The van der Waals surface area contributed by atoms with Gasteiger partial charge in [0.15, 0.2) is 0 Å². The van der Waals surface area contributed by atoms with Crippen LogP contribution in [-0.4, -0.2) is 0 Å². The molecular weight excluding hydrogens is 276 g/mol. The van der Waals surface area contributed by atoms with Crippen molar-refractivity contribution in [1.82, 2.24) is 0 Å². The Morgan fingerprint density at radius 3 is 2.48 bits per heavy atom. The lowest BCUT2D eigenvalue weighted by molar-refractivity contribution is 1.08. The Morgan fingerprint density at radius 2 is 1.71 bits per heavy atom. The number of benzene rings is 2. The molecule has 2 heterocycles. The topological polar surface area (TPSA) is 6.48 Å². The molecule has 0 aliphatic carbocycles. The third-order valence-electron chi connectivity index (χ3n) is 3.86. The molecule has 2 aliphatic rings. The summed E-state index contributed by atoms with van der Waals surface area (Å²) in [6, 6.07) is 12.9. The predicted molar refractivity (Wildman–Crippen MR) is 89.2 cm³/mol. The number of thioether (sulfide) groups is 1. The van der Waals surface area contributed by atoms with Crippen molar-refractivity contribution in [3.05, 3.63) is 71.0 Å². The lowest BCUT2D eigenvalue weighted by Gasteiger charge is -2.22. The maximum absolute atomic E-state index is 3.48. The molecule has 104 valence electrons. The van der Waals surface area contributed by atoms with Crippen LogP contribution in [0.15, 0.2) is 52.5 Å². The summed E-state index contributed by atoms with van der Waals surface area (Å²) in [4.78, 5) is 5.58. The highest BCUT2D eigenvalue weighted by molar-refractivity contribution is 8.03. The third kappa shape index (κ3) is 1.95. The molecular formula is C18H16N2S. The molecule has 2 aromatic rings. The van der Waals surface area contributed by atoms with Crippen LogP contribution < -0.4 is 9.80 Å². The van der Waals surface area contributed by atoms with Crippen molar-refractivity contribution in [1.29, 1.82) is 0 Å². The first-order valence-electron chi connectivity index (χ1n) is 7.06. The Morgan fingerprint density at radius 1 is 1.00 bits per heavy atom. The highest BCUT2D eigenvalue weighted by atomic mass is 32.2. The quantitative estimate of drug-likeness (QED) is 0.742. The molecule has 0 bridgehead atoms. The van der Waals surface area contributed by atoms with Crippen molar-refractivity contribution in [2.24, 2.45) is 0 Å². The van der Waals surface area contributed by atoms with E-state index in [1.807, 2.05) is 0 Å². The molecule has 2 aliphatic heterocycles. The smallest absolute Gasteiger partial charge is 0.218 e. The zero-order valence-corrected chi connectivity index (χ0v) is 13.2. The number of rotatable bonds is 1. The van der Waals surface area contributed by atoms with Crippen LogP contribution in [0, 0.1) is 27.4 Å². The molecule has 2 nitrogen and oxygen atoms in total. The van der Waals surface area contributed by atoms with Gasteiger partial charge >= 0.3 is 0 Å². The van der Waals surface area contributed by atoms with Gasteiger partial charge in [-0.05, 0) is 44.0 Å². The molecule has 0 N–H and O–H groups in total. The highest BCUT2D eigenvalue weighted by Crippen LogP contribution is 2.50. The average molecular weight is 292 g/mol. The molecule has 0 spiro atoms. The van der Waals surface area contributed by atoms with E-state index >= 15 is 0 Å². The lowest BCUT2D eigenvalue weighted by Crippen LogP contribution is -2.19. The minimum Gasteiger partial charge on any atom is -0.313 e. The van der Waals surface area contributed by atoms with Crippen molar-refractivity contribution in [2.45, 2.75) is 25.7 Å². The Kier molecular flexibility index (Phi) is 2.79. The fourth-order valence-electron chi connectivity index (χ4n) is 3.11. The van der Waals surface area contributed by atoms with Gasteiger partial charge in [0.25, 0.3) is 0 Å². The Labute approximate surface area is 130 Å². The van der Waals surface area contributed by atoms with Crippen LogP contribution in [0.3, 0.4) is 0 Å². The summed E-state index contributed by atoms with van der Waals surface area (Å²) >= 11 is 1.80. The van der Waals surface area contributed by atoms with Crippen LogP contribution in [0.2, 0.25) is 0 Å². The number of hydrogen-bond acceptors (Lipinski definition) is 3. The van der Waals surface area contributed by atoms with Crippen molar-refractivity contribution in [3.8, 4) is 0 Å². The molecule has 3 heteroatoms. The maximum Gasteiger partial charge on any atom is 0.218 e. The number of hydrogen-bond donors (Lipinski definition) is 0. The van der Waals surface area contributed by atoms with Gasteiger partial charge in [0.05, 0.1) is 10.7 Å². The largest absolute Gasteiger partial charge is 0.313 e. The Balaban J connectivity index is 1.73. The standard InChI is InChI=1S/C18H16N2S/c1-12-8-13(2)18(14(3)9-12)19-10-17-20(11-19)15-6-4-5-7-16(15)21-17/h4-10H,1-3H3. The number of nitrogens with zero attached hydrogens (tertiary/aromatic N) is 2. The molecule has 2 aromatic carbocycles. The van der Waals surface area contributed by atoms with Gasteiger partial charge in [0.2, 0.25) is 6.67 Å². The summed E-state index contributed by atoms with van der Waals surface area (Å²) in [5, 5.41) is 1.22. The van der Waals surface area contributed by atoms with Gasteiger partial charge in [0, 0.05) is 16.8 Å². The van der Waals surface area contributed by atoms with E-state index in [1.54, 1.807) is 11.8 Å². The number of para-hydroxylation sites is 1. The van der Waals surface area contributed by atoms with Crippen LogP contribution in [0.4, 0.5) is 11.4 Å². The average Bonchev–Trinajstić information content (AvgIpc) is 2.94. The zero-order valence-electron chi connectivity index (χ0n) is 12.3. The van der Waals surface area contributed by atoms with Crippen LogP contribution in [0.5, 0.6) is 0 Å². The first-order chi connectivity index (χ1) is 10.1. The van der Waals surface area contributed by atoms with E-state index in [0.717, 1.165) is 0 Å². The predicted octanol–water partition coefficient (Wildman–Crippen LogP) is 4.84. The second-order valence-electron chi connectivity index (χ2n) is 5.59. The second kappa shape index (κ2) is 4.57. The summed E-state index contributed by atoms with van der Waals surface area (Å²) in [6.45, 7) is 9.96. The summed E-state index contributed by atoms with van der Waals surface area (Å²) < 4.78 is 0. The van der Waals surface area contributed by atoms with Gasteiger partial charge in [0.1, 0.15) is 0 Å². The van der Waals surface area contributed by atoms with Crippen molar-refractivity contribution >= 4 is 23.1 Å². The fourth-order valence-corrected chi connectivity index (χ4v) is 4.13. The normalized spacial score (nSPS) is 16.0. The van der Waals surface area contributed by atoms with E-state index in [9.17, 15) is 0 Å². The van der Waals surface area contributed by atoms with Crippen LogP contribution in [0.25, 0.3) is 0 Å². The molecule has 0 aromatic heterocycles. The summed E-state index contributed by atoms with van der Waals surface area (Å²) in [5.41, 5.74) is 6.34. The van der Waals surface area contributed by atoms with Crippen LogP contribution in [0.1, 0.15) is 16.7 Å². The van der Waals surface area contributed by atoms with Crippen molar-refractivity contribution in [3.63, 3.8) is 0 Å². The van der Waals surface area contributed by atoms with Crippen molar-refractivity contribution in [2.75, 3.05) is 9.80 Å². The van der Waals surface area contributed by atoms with Crippen LogP contribution >= 0.6 is 11.8 Å². The molecule has 4 rings (SSSR count). The second-order valence-corrected chi connectivity index (χ2v) is 6.65. The van der Waals surface area contributed by atoms with E-state index < -0.39 is 0 Å². The van der Waals surface area contributed by atoms with Gasteiger partial charge in [-0.1, -0.05) is 41.6 Å². The van der Waals surface area contributed by atoms with E-state index in [-0.39, 0.29) is 0 Å². The zero-order chi connectivity index (χ0) is 14.6. The minimum atomic E-state index is 1.22. The summed E-state index contributed by atoms with van der Waals surface area (Å²) in [5.74, 6) is 0. The monoisotopic (exact) mass is 292 g/mol. The molecule has 2 radical (unpaired) electrons. The summed E-state index contributed by atoms with van der Waals surface area (Å²) in [7, 11) is 0. The first kappa shape index (κ1) is 12.8. The fraction of sp³-hybridized carbons (Fsp3) is 0.167. The molecule has 0 fully saturated rings. The Bertz CT molecular complexity index is 741. The van der Waals surface area contributed by atoms with E-state index in [0.29, 0.717) is 0 Å². The molecule has 0 amide bonds. The number of aryl methyl sites for hydroxylation is 3.